The maximum Gasteiger partial charge on any atom is 0.321 e. The third-order valence-corrected chi connectivity index (χ3v) is 6.79. The number of nitrogens with zero attached hydrogens (tertiary/aromatic N) is 2. The first kappa shape index (κ1) is 17.9. The van der Waals surface area contributed by atoms with Crippen molar-refractivity contribution in [1.29, 1.82) is 0 Å². The van der Waals surface area contributed by atoms with Crippen LogP contribution in [0, 0.1) is 5.92 Å². The summed E-state index contributed by atoms with van der Waals surface area (Å²) < 4.78 is 26.6. The lowest BCUT2D eigenvalue weighted by Gasteiger charge is -2.33. The first-order valence-corrected chi connectivity index (χ1v) is 10.3. The molecule has 0 radical (unpaired) electrons. The Hall–Kier alpha value is -1.86. The van der Waals surface area contributed by atoms with Crippen LogP contribution < -0.4 is 5.32 Å². The van der Waals surface area contributed by atoms with E-state index in [1.165, 1.54) is 30.0 Å². The van der Waals surface area contributed by atoms with Gasteiger partial charge in [-0.15, -0.1) is 0 Å². The van der Waals surface area contributed by atoms with Crippen molar-refractivity contribution in [2.45, 2.75) is 30.6 Å². The quantitative estimate of drug-likeness (QED) is 0.893. The second kappa shape index (κ2) is 8.01. The Morgan fingerprint density at radius 1 is 1.04 bits per heavy atom. The van der Waals surface area contributed by atoms with Gasteiger partial charge in [0.2, 0.25) is 10.0 Å². The monoisotopic (exact) mass is 363 g/mol. The molecule has 1 aliphatic carbocycles. The number of carbonyl (C=O) groups is 1. The average Bonchev–Trinajstić information content (AvgIpc) is 3.16. The fourth-order valence-electron chi connectivity index (χ4n) is 3.37. The lowest BCUT2D eigenvalue weighted by atomic mass is 10.1. The standard InChI is InChI=1S/C18H25N3O3S/c22-18(19-11-10-16-6-4-5-7-16)20-12-14-21(15-13-20)25(23,24)17-8-2-1-3-9-17/h1-3,8-11,16H,4-7,12-15H2,(H,19,22)/b11-10+. The molecule has 0 bridgehead atoms. The van der Waals surface area contributed by atoms with Crippen LogP contribution in [0.4, 0.5) is 4.79 Å². The van der Waals surface area contributed by atoms with Gasteiger partial charge in [-0.3, -0.25) is 0 Å². The average molecular weight is 363 g/mol. The summed E-state index contributed by atoms with van der Waals surface area (Å²) >= 11 is 0. The second-order valence-corrected chi connectivity index (χ2v) is 8.50. The molecular formula is C18H25N3O3S. The van der Waals surface area contributed by atoms with Crippen LogP contribution in [0.2, 0.25) is 0 Å². The second-order valence-electron chi connectivity index (χ2n) is 6.56. The molecule has 1 N–H and O–H groups in total. The van der Waals surface area contributed by atoms with Crippen LogP contribution in [0.25, 0.3) is 0 Å². The van der Waals surface area contributed by atoms with Crippen molar-refractivity contribution in [1.82, 2.24) is 14.5 Å². The Balaban J connectivity index is 1.50. The Morgan fingerprint density at radius 2 is 1.68 bits per heavy atom. The van der Waals surface area contributed by atoms with Gasteiger partial charge >= 0.3 is 6.03 Å². The maximum absolute atomic E-state index is 12.6. The SMILES string of the molecule is O=C(N/C=C/C1CCCC1)N1CCN(S(=O)(=O)c2ccccc2)CC1. The predicted octanol–water partition coefficient (Wildman–Crippen LogP) is 2.41. The van der Waals surface area contributed by atoms with Gasteiger partial charge in [0.25, 0.3) is 0 Å². The van der Waals surface area contributed by atoms with Crippen LogP contribution in [0.15, 0.2) is 47.5 Å². The molecule has 2 aliphatic rings. The number of allylic oxidation sites excluding steroid dienone is 1. The fraction of sp³-hybridized carbons (Fsp3) is 0.500. The minimum absolute atomic E-state index is 0.161. The topological polar surface area (TPSA) is 69.7 Å². The highest BCUT2D eigenvalue weighted by molar-refractivity contribution is 7.89. The van der Waals surface area contributed by atoms with Crippen molar-refractivity contribution in [3.63, 3.8) is 0 Å². The summed E-state index contributed by atoms with van der Waals surface area (Å²) in [6, 6.07) is 8.26. The van der Waals surface area contributed by atoms with Gasteiger partial charge in [0.15, 0.2) is 0 Å². The van der Waals surface area contributed by atoms with Gasteiger partial charge < -0.3 is 10.2 Å². The van der Waals surface area contributed by atoms with Crippen LogP contribution >= 0.6 is 0 Å². The van der Waals surface area contributed by atoms with Gasteiger partial charge in [-0.1, -0.05) is 37.1 Å². The first-order chi connectivity index (χ1) is 12.1. The molecule has 1 aliphatic heterocycles. The number of hydrogen-bond donors (Lipinski definition) is 1. The van der Waals surface area contributed by atoms with Gasteiger partial charge in [-0.05, 0) is 30.9 Å². The van der Waals surface area contributed by atoms with E-state index in [9.17, 15) is 13.2 Å². The Labute approximate surface area is 149 Å². The van der Waals surface area contributed by atoms with Gasteiger partial charge in [-0.2, -0.15) is 4.31 Å². The zero-order valence-electron chi connectivity index (χ0n) is 14.3. The van der Waals surface area contributed by atoms with E-state index >= 15 is 0 Å². The van der Waals surface area contributed by atoms with Crippen molar-refractivity contribution in [2.75, 3.05) is 26.2 Å². The van der Waals surface area contributed by atoms with E-state index in [4.69, 9.17) is 0 Å². The summed E-state index contributed by atoms with van der Waals surface area (Å²) in [5, 5.41) is 2.80. The van der Waals surface area contributed by atoms with Crippen molar-refractivity contribution in [3.8, 4) is 0 Å². The first-order valence-electron chi connectivity index (χ1n) is 8.85. The normalized spacial score (nSPS) is 20.2. The summed E-state index contributed by atoms with van der Waals surface area (Å²) in [5.41, 5.74) is 0. The number of benzene rings is 1. The zero-order valence-corrected chi connectivity index (χ0v) is 15.1. The van der Waals surface area contributed by atoms with E-state index in [0.29, 0.717) is 37.0 Å². The Morgan fingerprint density at radius 3 is 2.32 bits per heavy atom. The summed E-state index contributed by atoms with van der Waals surface area (Å²) in [5.74, 6) is 0.577. The smallest absolute Gasteiger partial charge is 0.321 e. The molecule has 1 aromatic carbocycles. The summed E-state index contributed by atoms with van der Waals surface area (Å²) in [6.45, 7) is 1.43. The lowest BCUT2D eigenvalue weighted by Crippen LogP contribution is -2.52. The van der Waals surface area contributed by atoms with Crippen LogP contribution in [0.5, 0.6) is 0 Å². The number of sulfonamides is 1. The van der Waals surface area contributed by atoms with Crippen LogP contribution in [0.1, 0.15) is 25.7 Å². The minimum Gasteiger partial charge on any atom is -0.322 e. The molecule has 7 heteroatoms. The van der Waals surface area contributed by atoms with Gasteiger partial charge in [0.05, 0.1) is 4.90 Å². The highest BCUT2D eigenvalue weighted by atomic mass is 32.2. The minimum atomic E-state index is -3.48. The van der Waals surface area contributed by atoms with E-state index in [0.717, 1.165) is 0 Å². The molecule has 1 saturated carbocycles. The Bertz CT molecular complexity index is 704. The van der Waals surface area contributed by atoms with Crippen molar-refractivity contribution < 1.29 is 13.2 Å². The number of nitrogens with one attached hydrogen (secondary N) is 1. The largest absolute Gasteiger partial charge is 0.322 e. The third kappa shape index (κ3) is 4.41. The molecule has 0 aromatic heterocycles. The highest BCUT2D eigenvalue weighted by Gasteiger charge is 2.29. The van der Waals surface area contributed by atoms with Crippen LogP contribution in [-0.4, -0.2) is 49.8 Å². The molecule has 1 heterocycles. The van der Waals surface area contributed by atoms with Crippen molar-refractivity contribution >= 4 is 16.1 Å². The molecule has 2 amide bonds. The lowest BCUT2D eigenvalue weighted by molar-refractivity contribution is 0.175. The van der Waals surface area contributed by atoms with Gasteiger partial charge in [-0.25, -0.2) is 13.2 Å². The Kier molecular flexibility index (Phi) is 5.75. The molecule has 0 spiro atoms. The molecule has 6 nitrogen and oxygen atoms in total. The van der Waals surface area contributed by atoms with E-state index in [2.05, 4.69) is 11.4 Å². The van der Waals surface area contributed by atoms with Gasteiger partial charge in [0.1, 0.15) is 0 Å². The van der Waals surface area contributed by atoms with Crippen LogP contribution in [-0.2, 0) is 10.0 Å². The van der Waals surface area contributed by atoms with Crippen molar-refractivity contribution in [3.05, 3.63) is 42.6 Å². The number of piperazine rings is 1. The molecule has 25 heavy (non-hydrogen) atoms. The molecule has 0 atom stereocenters. The van der Waals surface area contributed by atoms with E-state index < -0.39 is 10.0 Å². The van der Waals surface area contributed by atoms with Crippen LogP contribution in [0.3, 0.4) is 0 Å². The summed E-state index contributed by atoms with van der Waals surface area (Å²) in [7, 11) is -3.48. The van der Waals surface area contributed by atoms with E-state index in [1.807, 2.05) is 0 Å². The zero-order chi connectivity index (χ0) is 17.7. The molecule has 2 fully saturated rings. The summed E-state index contributed by atoms with van der Waals surface area (Å²) in [4.78, 5) is 14.2. The number of carbonyl (C=O) groups excluding carboxylic acids is 1. The molecular weight excluding hydrogens is 338 g/mol. The molecule has 136 valence electrons. The van der Waals surface area contributed by atoms with Crippen molar-refractivity contribution in [2.24, 2.45) is 5.92 Å². The number of hydrogen-bond acceptors (Lipinski definition) is 3. The molecule has 3 rings (SSSR count). The number of amides is 2. The fourth-order valence-corrected chi connectivity index (χ4v) is 4.81. The number of urea groups is 1. The predicted molar refractivity (Wildman–Crippen MR) is 96.4 cm³/mol. The van der Waals surface area contributed by atoms with E-state index in [-0.39, 0.29) is 6.03 Å². The van der Waals surface area contributed by atoms with Gasteiger partial charge in [0, 0.05) is 32.4 Å². The molecule has 1 saturated heterocycles. The highest BCUT2D eigenvalue weighted by Crippen LogP contribution is 2.25. The maximum atomic E-state index is 12.6. The molecule has 1 aromatic rings. The molecule has 0 unspecified atom stereocenters. The summed E-state index contributed by atoms with van der Waals surface area (Å²) in [6.07, 6.45) is 8.73. The van der Waals surface area contributed by atoms with E-state index in [1.54, 1.807) is 41.4 Å². The number of rotatable bonds is 4. The third-order valence-electron chi connectivity index (χ3n) is 4.88.